The molecule has 0 atom stereocenters. The molecule has 0 amide bonds. The normalized spacial score (nSPS) is 11.5. The molecule has 0 bridgehead atoms. The average Bonchev–Trinajstić information content (AvgIpc) is 2.28. The Balaban J connectivity index is 2.44. The zero-order valence-electron chi connectivity index (χ0n) is 8.85. The van der Waals surface area contributed by atoms with Gasteiger partial charge in [0.1, 0.15) is 6.33 Å². The van der Waals surface area contributed by atoms with Crippen LogP contribution >= 0.6 is 12.2 Å². The summed E-state index contributed by atoms with van der Waals surface area (Å²) in [6.45, 7) is 0. The van der Waals surface area contributed by atoms with Crippen LogP contribution in [0.4, 0.5) is 19.1 Å². The van der Waals surface area contributed by atoms with Crippen LogP contribution < -0.4 is 5.73 Å². The van der Waals surface area contributed by atoms with Crippen molar-refractivity contribution in [2.24, 2.45) is 0 Å². The standard InChI is InChI=1S/C10H7F3N4S/c11-10(12,13)6-1-3-7(4-2-6)17-5-15-8(14)16-9(17)18/h1-5H,(H2,14,16,18). The van der Waals surface area contributed by atoms with Gasteiger partial charge in [0.25, 0.3) is 0 Å². The molecule has 0 radical (unpaired) electrons. The van der Waals surface area contributed by atoms with Crippen LogP contribution in [0.5, 0.6) is 0 Å². The van der Waals surface area contributed by atoms with Gasteiger partial charge in [0.15, 0.2) is 0 Å². The number of benzene rings is 1. The molecule has 1 aromatic carbocycles. The van der Waals surface area contributed by atoms with Crippen molar-refractivity contribution in [3.63, 3.8) is 0 Å². The minimum Gasteiger partial charge on any atom is -0.368 e. The van der Waals surface area contributed by atoms with Crippen molar-refractivity contribution in [2.75, 3.05) is 5.73 Å². The number of anilines is 1. The molecule has 0 spiro atoms. The molecule has 1 aromatic heterocycles. The van der Waals surface area contributed by atoms with E-state index in [-0.39, 0.29) is 10.7 Å². The van der Waals surface area contributed by atoms with Gasteiger partial charge in [-0.3, -0.25) is 4.57 Å². The zero-order valence-corrected chi connectivity index (χ0v) is 9.66. The van der Waals surface area contributed by atoms with Gasteiger partial charge in [-0.05, 0) is 36.5 Å². The number of nitrogen functional groups attached to an aromatic ring is 1. The number of halogens is 3. The number of rotatable bonds is 1. The molecule has 0 aliphatic carbocycles. The zero-order chi connectivity index (χ0) is 13.3. The van der Waals surface area contributed by atoms with E-state index in [9.17, 15) is 13.2 Å². The van der Waals surface area contributed by atoms with Gasteiger partial charge >= 0.3 is 6.18 Å². The molecule has 1 heterocycles. The smallest absolute Gasteiger partial charge is 0.368 e. The summed E-state index contributed by atoms with van der Waals surface area (Å²) in [6.07, 6.45) is -3.05. The summed E-state index contributed by atoms with van der Waals surface area (Å²) < 4.78 is 38.7. The second kappa shape index (κ2) is 4.37. The van der Waals surface area contributed by atoms with Gasteiger partial charge in [-0.2, -0.15) is 18.2 Å². The monoisotopic (exact) mass is 272 g/mol. The summed E-state index contributed by atoms with van der Waals surface area (Å²) in [4.78, 5) is 7.47. The minimum absolute atomic E-state index is 0.0168. The summed E-state index contributed by atoms with van der Waals surface area (Å²) in [5.41, 5.74) is 5.05. The first-order valence-corrected chi connectivity index (χ1v) is 5.17. The van der Waals surface area contributed by atoms with Crippen LogP contribution in [-0.4, -0.2) is 14.5 Å². The SMILES string of the molecule is Nc1ncn(-c2ccc(C(F)(F)F)cc2)c(=S)n1. The van der Waals surface area contributed by atoms with Crippen molar-refractivity contribution >= 4 is 18.2 Å². The minimum atomic E-state index is -4.36. The van der Waals surface area contributed by atoms with Crippen LogP contribution in [0.15, 0.2) is 30.6 Å². The molecule has 2 N–H and O–H groups in total. The molecule has 8 heteroatoms. The molecular weight excluding hydrogens is 265 g/mol. The molecule has 0 aliphatic heterocycles. The van der Waals surface area contributed by atoms with E-state index in [0.717, 1.165) is 12.1 Å². The lowest BCUT2D eigenvalue weighted by molar-refractivity contribution is -0.137. The van der Waals surface area contributed by atoms with Crippen LogP contribution in [0.2, 0.25) is 0 Å². The molecule has 4 nitrogen and oxygen atoms in total. The van der Waals surface area contributed by atoms with Gasteiger partial charge in [0, 0.05) is 5.69 Å². The van der Waals surface area contributed by atoms with Crippen LogP contribution in [0, 0.1) is 4.77 Å². The second-order valence-electron chi connectivity index (χ2n) is 3.41. The van der Waals surface area contributed by atoms with Crippen LogP contribution in [0.3, 0.4) is 0 Å². The van der Waals surface area contributed by atoms with Crippen molar-refractivity contribution in [3.8, 4) is 5.69 Å². The maximum absolute atomic E-state index is 12.4. The highest BCUT2D eigenvalue weighted by atomic mass is 32.1. The van der Waals surface area contributed by atoms with Crippen LogP contribution in [-0.2, 0) is 6.18 Å². The fourth-order valence-corrected chi connectivity index (χ4v) is 1.58. The Morgan fingerprint density at radius 3 is 2.28 bits per heavy atom. The third kappa shape index (κ3) is 2.48. The summed E-state index contributed by atoms with van der Waals surface area (Å²) >= 11 is 4.94. The number of hydrogen-bond acceptors (Lipinski definition) is 4. The van der Waals surface area contributed by atoms with Crippen molar-refractivity contribution in [2.45, 2.75) is 6.18 Å². The quantitative estimate of drug-likeness (QED) is 0.811. The van der Waals surface area contributed by atoms with Crippen molar-refractivity contribution in [1.29, 1.82) is 0 Å². The molecule has 0 fully saturated rings. The van der Waals surface area contributed by atoms with Crippen molar-refractivity contribution < 1.29 is 13.2 Å². The maximum atomic E-state index is 12.4. The fourth-order valence-electron chi connectivity index (χ4n) is 1.34. The maximum Gasteiger partial charge on any atom is 0.416 e. The molecule has 0 saturated heterocycles. The molecule has 18 heavy (non-hydrogen) atoms. The van der Waals surface area contributed by atoms with Crippen molar-refractivity contribution in [1.82, 2.24) is 14.5 Å². The lowest BCUT2D eigenvalue weighted by atomic mass is 10.2. The Labute approximate surface area is 105 Å². The van der Waals surface area contributed by atoms with E-state index in [2.05, 4.69) is 9.97 Å². The Morgan fingerprint density at radius 1 is 1.17 bits per heavy atom. The van der Waals surface area contributed by atoms with E-state index in [1.54, 1.807) is 0 Å². The van der Waals surface area contributed by atoms with Crippen LogP contribution in [0.25, 0.3) is 5.69 Å². The van der Waals surface area contributed by atoms with E-state index >= 15 is 0 Å². The first-order valence-electron chi connectivity index (χ1n) is 4.77. The molecule has 2 rings (SSSR count). The Kier molecular flexibility index (Phi) is 3.04. The Hall–Kier alpha value is -1.96. The third-order valence-corrected chi connectivity index (χ3v) is 2.48. The summed E-state index contributed by atoms with van der Waals surface area (Å²) in [5, 5.41) is 0. The fraction of sp³-hybridized carbons (Fsp3) is 0.100. The number of nitrogens with zero attached hydrogens (tertiary/aromatic N) is 3. The van der Waals surface area contributed by atoms with Gasteiger partial charge in [-0.25, -0.2) is 4.98 Å². The Bertz CT molecular complexity index is 618. The number of alkyl halides is 3. The summed E-state index contributed by atoms with van der Waals surface area (Å²) in [7, 11) is 0. The van der Waals surface area contributed by atoms with Gasteiger partial charge < -0.3 is 5.73 Å². The lowest BCUT2D eigenvalue weighted by Gasteiger charge is -2.09. The highest BCUT2D eigenvalue weighted by Gasteiger charge is 2.29. The second-order valence-corrected chi connectivity index (χ2v) is 3.78. The molecule has 2 aromatic rings. The first-order chi connectivity index (χ1) is 8.38. The predicted octanol–water partition coefficient (Wildman–Crippen LogP) is 2.60. The Morgan fingerprint density at radius 2 is 1.78 bits per heavy atom. The summed E-state index contributed by atoms with van der Waals surface area (Å²) in [5.74, 6) is 0.0168. The van der Waals surface area contributed by atoms with Gasteiger partial charge in [-0.15, -0.1) is 0 Å². The van der Waals surface area contributed by atoms with E-state index in [0.29, 0.717) is 5.69 Å². The van der Waals surface area contributed by atoms with Gasteiger partial charge in [0.2, 0.25) is 10.7 Å². The third-order valence-electron chi connectivity index (χ3n) is 2.19. The predicted molar refractivity (Wildman–Crippen MR) is 61.6 cm³/mol. The molecule has 0 unspecified atom stereocenters. The molecule has 0 saturated carbocycles. The molecular formula is C10H7F3N4S. The lowest BCUT2D eigenvalue weighted by Crippen LogP contribution is -2.07. The number of nitrogens with two attached hydrogens (primary N) is 1. The highest BCUT2D eigenvalue weighted by molar-refractivity contribution is 7.71. The van der Waals surface area contributed by atoms with Crippen molar-refractivity contribution in [3.05, 3.63) is 40.9 Å². The van der Waals surface area contributed by atoms with Crippen LogP contribution in [0.1, 0.15) is 5.56 Å². The van der Waals surface area contributed by atoms with E-state index in [1.807, 2.05) is 0 Å². The number of hydrogen-bond donors (Lipinski definition) is 1. The largest absolute Gasteiger partial charge is 0.416 e. The van der Waals surface area contributed by atoms with E-state index < -0.39 is 11.7 Å². The van der Waals surface area contributed by atoms with Gasteiger partial charge in [0.05, 0.1) is 5.56 Å². The summed E-state index contributed by atoms with van der Waals surface area (Å²) in [6, 6.07) is 4.51. The highest BCUT2D eigenvalue weighted by Crippen LogP contribution is 2.29. The molecule has 0 aliphatic rings. The number of aromatic nitrogens is 3. The van der Waals surface area contributed by atoms with E-state index in [4.69, 9.17) is 18.0 Å². The van der Waals surface area contributed by atoms with E-state index in [1.165, 1.54) is 23.0 Å². The first kappa shape index (κ1) is 12.5. The van der Waals surface area contributed by atoms with Gasteiger partial charge in [-0.1, -0.05) is 0 Å². The average molecular weight is 272 g/mol. The topological polar surface area (TPSA) is 56.7 Å². The molecule has 94 valence electrons.